The van der Waals surface area contributed by atoms with E-state index in [0.29, 0.717) is 16.7 Å². The van der Waals surface area contributed by atoms with Crippen molar-refractivity contribution in [2.24, 2.45) is 11.8 Å². The Labute approximate surface area is 94.0 Å². The number of benzene rings is 1. The Hall–Kier alpha value is -0.670. The Morgan fingerprint density at radius 1 is 1.20 bits per heavy atom. The summed E-state index contributed by atoms with van der Waals surface area (Å²) in [6.45, 7) is 6.61. The average molecular weight is 225 g/mol. The molecule has 0 spiro atoms. The Morgan fingerprint density at radius 2 is 1.73 bits per heavy atom. The maximum atomic E-state index is 10.6. The summed E-state index contributed by atoms with van der Waals surface area (Å²) in [4.78, 5) is 0.357. The van der Waals surface area contributed by atoms with Crippen LogP contribution in [0.4, 0.5) is 0 Å². The molecular formula is C12H17O2S-. The summed E-state index contributed by atoms with van der Waals surface area (Å²) in [5, 5.41) is 0. The predicted molar refractivity (Wildman–Crippen MR) is 61.3 cm³/mol. The van der Waals surface area contributed by atoms with Crippen molar-refractivity contribution in [3.63, 3.8) is 0 Å². The number of hydrogen-bond donors (Lipinski definition) is 0. The zero-order chi connectivity index (χ0) is 11.4. The van der Waals surface area contributed by atoms with Gasteiger partial charge in [-0.1, -0.05) is 32.9 Å². The van der Waals surface area contributed by atoms with Gasteiger partial charge >= 0.3 is 0 Å². The standard InChI is InChI=1S/C12H18O2S/c1-9(2)10(3)8-11-4-6-12(7-5-11)15(13)14/h4-7,9-10H,8H2,1-3H3,(H,13,14)/p-1. The van der Waals surface area contributed by atoms with Crippen molar-refractivity contribution in [3.05, 3.63) is 29.8 Å². The fraction of sp³-hybridized carbons (Fsp3) is 0.500. The molecule has 84 valence electrons. The smallest absolute Gasteiger partial charge is 0.0248 e. The molecule has 0 aliphatic rings. The first-order valence-corrected chi connectivity index (χ1v) is 6.26. The summed E-state index contributed by atoms with van der Waals surface area (Å²) in [5.74, 6) is 1.27. The van der Waals surface area contributed by atoms with Gasteiger partial charge in [0, 0.05) is 4.90 Å². The normalized spacial score (nSPS) is 15.3. The molecule has 0 bridgehead atoms. The number of rotatable bonds is 4. The van der Waals surface area contributed by atoms with E-state index in [0.717, 1.165) is 6.42 Å². The van der Waals surface area contributed by atoms with Crippen LogP contribution < -0.4 is 0 Å². The maximum absolute atomic E-state index is 10.6. The van der Waals surface area contributed by atoms with Crippen LogP contribution in [0, 0.1) is 11.8 Å². The molecule has 15 heavy (non-hydrogen) atoms. The van der Waals surface area contributed by atoms with Gasteiger partial charge in [0.05, 0.1) is 0 Å². The van der Waals surface area contributed by atoms with Crippen molar-refractivity contribution in [3.8, 4) is 0 Å². The zero-order valence-corrected chi connectivity index (χ0v) is 10.2. The van der Waals surface area contributed by atoms with Gasteiger partial charge in [-0.3, -0.25) is 4.21 Å². The summed E-state index contributed by atoms with van der Waals surface area (Å²) in [7, 11) is 0. The van der Waals surface area contributed by atoms with E-state index >= 15 is 0 Å². The van der Waals surface area contributed by atoms with Crippen LogP contribution in [0.3, 0.4) is 0 Å². The van der Waals surface area contributed by atoms with E-state index in [1.54, 1.807) is 12.1 Å². The molecule has 0 amide bonds. The fourth-order valence-corrected chi connectivity index (χ4v) is 1.70. The molecule has 1 rings (SSSR count). The Morgan fingerprint density at radius 3 is 2.13 bits per heavy atom. The lowest BCUT2D eigenvalue weighted by Gasteiger charge is -2.15. The van der Waals surface area contributed by atoms with Crippen LogP contribution >= 0.6 is 0 Å². The highest BCUT2D eigenvalue weighted by atomic mass is 32.2. The average Bonchev–Trinajstić information content (AvgIpc) is 2.18. The van der Waals surface area contributed by atoms with E-state index in [1.807, 2.05) is 12.1 Å². The van der Waals surface area contributed by atoms with Crippen molar-refractivity contribution < 1.29 is 8.76 Å². The third-order valence-corrected chi connectivity index (χ3v) is 3.47. The van der Waals surface area contributed by atoms with Crippen LogP contribution in [0.25, 0.3) is 0 Å². The van der Waals surface area contributed by atoms with E-state index in [-0.39, 0.29) is 0 Å². The van der Waals surface area contributed by atoms with Crippen molar-refractivity contribution in [1.29, 1.82) is 0 Å². The van der Waals surface area contributed by atoms with Gasteiger partial charge in [-0.15, -0.1) is 0 Å². The lowest BCUT2D eigenvalue weighted by molar-refractivity contribution is 0.417. The van der Waals surface area contributed by atoms with Gasteiger partial charge in [0.2, 0.25) is 0 Å². The molecule has 1 aromatic rings. The van der Waals surface area contributed by atoms with E-state index in [4.69, 9.17) is 0 Å². The second-order valence-corrected chi connectivity index (χ2v) is 5.24. The van der Waals surface area contributed by atoms with E-state index in [2.05, 4.69) is 20.8 Å². The van der Waals surface area contributed by atoms with Crippen molar-refractivity contribution in [2.45, 2.75) is 32.1 Å². The van der Waals surface area contributed by atoms with Crippen molar-refractivity contribution >= 4 is 11.1 Å². The highest BCUT2D eigenvalue weighted by Gasteiger charge is 2.07. The van der Waals surface area contributed by atoms with Gasteiger partial charge in [0.15, 0.2) is 0 Å². The third-order valence-electron chi connectivity index (χ3n) is 2.81. The molecule has 1 aromatic carbocycles. The molecule has 0 aliphatic carbocycles. The second kappa shape index (κ2) is 5.42. The Bertz CT molecular complexity index is 330. The first-order chi connectivity index (χ1) is 7.00. The van der Waals surface area contributed by atoms with Gasteiger partial charge in [-0.2, -0.15) is 0 Å². The lowest BCUT2D eigenvalue weighted by atomic mass is 9.91. The van der Waals surface area contributed by atoms with Gasteiger partial charge in [0.1, 0.15) is 0 Å². The molecule has 0 radical (unpaired) electrons. The zero-order valence-electron chi connectivity index (χ0n) is 9.40. The summed E-state index contributed by atoms with van der Waals surface area (Å²) in [5.41, 5.74) is 1.20. The highest BCUT2D eigenvalue weighted by molar-refractivity contribution is 7.79. The first-order valence-electron chi connectivity index (χ1n) is 5.19. The SMILES string of the molecule is CC(C)C(C)Cc1ccc(S(=O)[O-])cc1. The fourth-order valence-electron chi connectivity index (χ4n) is 1.34. The first kappa shape index (κ1) is 12.4. The maximum Gasteiger partial charge on any atom is 0.0248 e. The Kier molecular flexibility index (Phi) is 4.48. The topological polar surface area (TPSA) is 40.1 Å². The van der Waals surface area contributed by atoms with E-state index < -0.39 is 11.1 Å². The van der Waals surface area contributed by atoms with E-state index in [1.165, 1.54) is 5.56 Å². The Balaban J connectivity index is 2.68. The summed E-state index contributed by atoms with van der Waals surface area (Å²) < 4.78 is 21.3. The molecule has 2 atom stereocenters. The summed E-state index contributed by atoms with van der Waals surface area (Å²) in [6, 6.07) is 7.10. The van der Waals surface area contributed by atoms with E-state index in [9.17, 15) is 8.76 Å². The highest BCUT2D eigenvalue weighted by Crippen LogP contribution is 2.17. The molecule has 0 saturated heterocycles. The third kappa shape index (κ3) is 3.76. The van der Waals surface area contributed by atoms with Gasteiger partial charge in [-0.05, 0) is 47.0 Å². The molecule has 0 aliphatic heterocycles. The molecule has 0 heterocycles. The molecule has 2 nitrogen and oxygen atoms in total. The minimum atomic E-state index is -2.11. The predicted octanol–water partition coefficient (Wildman–Crippen LogP) is 2.76. The quantitative estimate of drug-likeness (QED) is 0.739. The van der Waals surface area contributed by atoms with Crippen LogP contribution in [0.1, 0.15) is 26.3 Å². The summed E-state index contributed by atoms with van der Waals surface area (Å²) >= 11 is -2.11. The monoisotopic (exact) mass is 225 g/mol. The van der Waals surface area contributed by atoms with Gasteiger partial charge < -0.3 is 4.55 Å². The summed E-state index contributed by atoms with van der Waals surface area (Å²) in [6.07, 6.45) is 1.00. The van der Waals surface area contributed by atoms with Crippen molar-refractivity contribution in [1.82, 2.24) is 0 Å². The van der Waals surface area contributed by atoms with Gasteiger partial charge in [-0.25, -0.2) is 0 Å². The van der Waals surface area contributed by atoms with Crippen LogP contribution in [0.15, 0.2) is 29.2 Å². The molecule has 0 aromatic heterocycles. The van der Waals surface area contributed by atoms with Crippen LogP contribution in [-0.4, -0.2) is 8.76 Å². The minimum Gasteiger partial charge on any atom is -0.768 e. The molecule has 0 fully saturated rings. The van der Waals surface area contributed by atoms with Gasteiger partial charge in [0.25, 0.3) is 0 Å². The molecular weight excluding hydrogens is 208 g/mol. The van der Waals surface area contributed by atoms with Crippen LogP contribution in [0.2, 0.25) is 0 Å². The van der Waals surface area contributed by atoms with Crippen LogP contribution in [0.5, 0.6) is 0 Å². The molecule has 0 saturated carbocycles. The molecule has 0 N–H and O–H groups in total. The van der Waals surface area contributed by atoms with Crippen LogP contribution in [-0.2, 0) is 17.5 Å². The lowest BCUT2D eigenvalue weighted by Crippen LogP contribution is -2.07. The second-order valence-electron chi connectivity index (χ2n) is 4.30. The number of hydrogen-bond acceptors (Lipinski definition) is 2. The molecule has 3 heteroatoms. The molecule has 2 unspecified atom stereocenters. The largest absolute Gasteiger partial charge is 0.768 e. The van der Waals surface area contributed by atoms with Crippen molar-refractivity contribution in [2.75, 3.05) is 0 Å². The minimum absolute atomic E-state index is 0.357.